The van der Waals surface area contributed by atoms with E-state index in [1.165, 1.54) is 47.9 Å². The van der Waals surface area contributed by atoms with Crippen molar-refractivity contribution < 1.29 is 9.53 Å². The number of hydrogen-bond donors (Lipinski definition) is 0. The number of likely N-dealkylation sites (tertiary alicyclic amines) is 1. The third-order valence-electron chi connectivity index (χ3n) is 8.57. The number of nitrogens with zero attached hydrogens (tertiary/aromatic N) is 2. The largest absolute Gasteiger partial charge is 0.497 e. The molecule has 0 bridgehead atoms. The first-order chi connectivity index (χ1) is 16.5. The Hall–Kier alpha value is -2.33. The predicted molar refractivity (Wildman–Crippen MR) is 139 cm³/mol. The number of hydrogen-bond acceptors (Lipinski definition) is 3. The van der Waals surface area contributed by atoms with Crippen LogP contribution < -0.4 is 9.64 Å². The number of carbonyl (C=O) groups excluding carboxylic acids is 1. The number of ether oxygens (including phenoxy) is 1. The number of amides is 1. The number of carbonyl (C=O) groups is 1. The number of anilines is 1. The highest BCUT2D eigenvalue weighted by atomic mass is 16.5. The fraction of sp³-hybridized carbons (Fsp3) is 0.567. The van der Waals surface area contributed by atoms with Crippen LogP contribution in [0.3, 0.4) is 0 Å². The van der Waals surface area contributed by atoms with E-state index in [-0.39, 0.29) is 5.41 Å². The third kappa shape index (κ3) is 4.75. The van der Waals surface area contributed by atoms with Crippen LogP contribution in [0.1, 0.15) is 73.6 Å². The molecule has 3 aliphatic rings. The summed E-state index contributed by atoms with van der Waals surface area (Å²) in [4.78, 5) is 18.1. The average molecular weight is 461 g/mol. The molecule has 0 unspecified atom stereocenters. The zero-order valence-electron chi connectivity index (χ0n) is 21.2. The topological polar surface area (TPSA) is 32.8 Å². The van der Waals surface area contributed by atoms with Gasteiger partial charge in [-0.05, 0) is 81.4 Å². The fourth-order valence-corrected chi connectivity index (χ4v) is 6.74. The van der Waals surface area contributed by atoms with E-state index < -0.39 is 0 Å². The number of aryl methyl sites for hydroxylation is 2. The van der Waals surface area contributed by atoms with Gasteiger partial charge >= 0.3 is 0 Å². The molecule has 4 nitrogen and oxygen atoms in total. The average Bonchev–Trinajstić information content (AvgIpc) is 3.45. The van der Waals surface area contributed by atoms with Gasteiger partial charge in [0.1, 0.15) is 5.75 Å². The van der Waals surface area contributed by atoms with E-state index in [2.05, 4.69) is 54.0 Å². The lowest BCUT2D eigenvalue weighted by Crippen LogP contribution is -2.45. The SMILES string of the molecule is COc1ccc2c(c1)C1(CCN(Cc3cc(C)cc(C)c3)CC1)CN2C(=O)CCC1CCCC1. The Balaban J connectivity index is 1.31. The summed E-state index contributed by atoms with van der Waals surface area (Å²) in [6.07, 6.45) is 9.21. The molecule has 182 valence electrons. The maximum Gasteiger partial charge on any atom is 0.227 e. The van der Waals surface area contributed by atoms with E-state index in [4.69, 9.17) is 4.74 Å². The monoisotopic (exact) mass is 460 g/mol. The molecule has 1 aliphatic carbocycles. The van der Waals surface area contributed by atoms with Crippen LogP contribution in [0.2, 0.25) is 0 Å². The van der Waals surface area contributed by atoms with E-state index in [9.17, 15) is 4.79 Å². The fourth-order valence-electron chi connectivity index (χ4n) is 6.74. The first-order valence-corrected chi connectivity index (χ1v) is 13.2. The summed E-state index contributed by atoms with van der Waals surface area (Å²) in [7, 11) is 1.74. The molecule has 2 aromatic carbocycles. The molecule has 1 saturated heterocycles. The second-order valence-electron chi connectivity index (χ2n) is 11.1. The van der Waals surface area contributed by atoms with Gasteiger partial charge in [-0.15, -0.1) is 0 Å². The molecule has 34 heavy (non-hydrogen) atoms. The van der Waals surface area contributed by atoms with Gasteiger partial charge in [0.05, 0.1) is 7.11 Å². The maximum atomic E-state index is 13.4. The molecule has 0 aromatic heterocycles. The highest BCUT2D eigenvalue weighted by Crippen LogP contribution is 2.48. The van der Waals surface area contributed by atoms with Crippen LogP contribution in [0.4, 0.5) is 5.69 Å². The van der Waals surface area contributed by atoms with E-state index in [1.54, 1.807) is 7.11 Å². The number of piperidine rings is 1. The van der Waals surface area contributed by atoms with Crippen molar-refractivity contribution in [1.82, 2.24) is 4.90 Å². The molecule has 2 fully saturated rings. The molecule has 0 atom stereocenters. The maximum absolute atomic E-state index is 13.4. The summed E-state index contributed by atoms with van der Waals surface area (Å²) in [6, 6.07) is 13.2. The van der Waals surface area contributed by atoms with Crippen molar-refractivity contribution in [3.05, 3.63) is 58.7 Å². The van der Waals surface area contributed by atoms with Crippen molar-refractivity contribution in [3.63, 3.8) is 0 Å². The molecule has 1 amide bonds. The van der Waals surface area contributed by atoms with Gasteiger partial charge in [0, 0.05) is 30.6 Å². The Morgan fingerprint density at radius 1 is 1.03 bits per heavy atom. The van der Waals surface area contributed by atoms with Crippen molar-refractivity contribution >= 4 is 11.6 Å². The molecule has 1 spiro atoms. The van der Waals surface area contributed by atoms with Gasteiger partial charge in [-0.25, -0.2) is 0 Å². The van der Waals surface area contributed by atoms with Crippen LogP contribution in [0.5, 0.6) is 5.75 Å². The summed E-state index contributed by atoms with van der Waals surface area (Å²) in [5.74, 6) is 1.97. The van der Waals surface area contributed by atoms with Gasteiger partial charge in [0.2, 0.25) is 5.91 Å². The Bertz CT molecular complexity index is 1010. The number of rotatable bonds is 6. The van der Waals surface area contributed by atoms with Crippen molar-refractivity contribution in [2.24, 2.45) is 5.92 Å². The quantitative estimate of drug-likeness (QED) is 0.517. The molecule has 0 N–H and O–H groups in total. The van der Waals surface area contributed by atoms with Crippen LogP contribution >= 0.6 is 0 Å². The van der Waals surface area contributed by atoms with Crippen molar-refractivity contribution in [3.8, 4) is 5.75 Å². The summed E-state index contributed by atoms with van der Waals surface area (Å²) in [5.41, 5.74) is 6.59. The Morgan fingerprint density at radius 3 is 2.41 bits per heavy atom. The minimum atomic E-state index is 0.0475. The molecular formula is C30H40N2O2. The van der Waals surface area contributed by atoms with Gasteiger partial charge < -0.3 is 9.64 Å². The zero-order chi connectivity index (χ0) is 23.7. The Morgan fingerprint density at radius 2 is 1.74 bits per heavy atom. The molecule has 0 radical (unpaired) electrons. The number of benzene rings is 2. The van der Waals surface area contributed by atoms with Crippen LogP contribution in [-0.4, -0.2) is 37.6 Å². The lowest BCUT2D eigenvalue weighted by atomic mass is 9.74. The van der Waals surface area contributed by atoms with Crippen LogP contribution in [-0.2, 0) is 16.8 Å². The molecule has 1 saturated carbocycles. The normalized spacial score (nSPS) is 20.1. The van der Waals surface area contributed by atoms with Gasteiger partial charge in [0.25, 0.3) is 0 Å². The minimum absolute atomic E-state index is 0.0475. The second kappa shape index (κ2) is 9.73. The molecule has 2 aromatic rings. The highest BCUT2D eigenvalue weighted by molar-refractivity contribution is 5.96. The highest BCUT2D eigenvalue weighted by Gasteiger charge is 2.46. The van der Waals surface area contributed by atoms with Gasteiger partial charge in [-0.2, -0.15) is 0 Å². The van der Waals surface area contributed by atoms with Crippen LogP contribution in [0.25, 0.3) is 0 Å². The molecule has 2 heterocycles. The molecule has 5 rings (SSSR count). The summed E-state index contributed by atoms with van der Waals surface area (Å²) >= 11 is 0. The van der Waals surface area contributed by atoms with E-state index in [1.807, 2.05) is 6.07 Å². The number of methoxy groups -OCH3 is 1. The first-order valence-electron chi connectivity index (χ1n) is 13.2. The van der Waals surface area contributed by atoms with E-state index in [0.717, 1.165) is 62.8 Å². The lowest BCUT2D eigenvalue weighted by molar-refractivity contribution is -0.119. The smallest absolute Gasteiger partial charge is 0.227 e. The Labute approximate surface area is 205 Å². The van der Waals surface area contributed by atoms with Crippen molar-refractivity contribution in [2.75, 3.05) is 31.6 Å². The lowest BCUT2D eigenvalue weighted by Gasteiger charge is -2.40. The van der Waals surface area contributed by atoms with Crippen molar-refractivity contribution in [1.29, 1.82) is 0 Å². The minimum Gasteiger partial charge on any atom is -0.497 e. The van der Waals surface area contributed by atoms with Gasteiger partial charge in [0.15, 0.2) is 0 Å². The number of fused-ring (bicyclic) bond motifs is 2. The summed E-state index contributed by atoms with van der Waals surface area (Å²) in [5, 5.41) is 0. The van der Waals surface area contributed by atoms with Crippen LogP contribution in [0.15, 0.2) is 36.4 Å². The molecule has 2 aliphatic heterocycles. The molecular weight excluding hydrogens is 420 g/mol. The predicted octanol–water partition coefficient (Wildman–Crippen LogP) is 6.16. The zero-order valence-corrected chi connectivity index (χ0v) is 21.2. The summed E-state index contributed by atoms with van der Waals surface area (Å²) < 4.78 is 5.59. The van der Waals surface area contributed by atoms with Gasteiger partial charge in [-0.1, -0.05) is 55.0 Å². The van der Waals surface area contributed by atoms with E-state index in [0.29, 0.717) is 12.3 Å². The molecule has 4 heteroatoms. The summed E-state index contributed by atoms with van der Waals surface area (Å²) in [6.45, 7) is 8.33. The van der Waals surface area contributed by atoms with Gasteiger partial charge in [-0.3, -0.25) is 9.69 Å². The third-order valence-corrected chi connectivity index (χ3v) is 8.57. The standard InChI is InChI=1S/C30H40N2O2/c1-22-16-23(2)18-25(17-22)20-31-14-12-30(13-15-31)21-32(28-10-9-26(34-3)19-27(28)30)29(33)11-8-24-6-4-5-7-24/h9-10,16-19,24H,4-8,11-15,20-21H2,1-3H3. The van der Waals surface area contributed by atoms with E-state index >= 15 is 0 Å². The second-order valence-corrected chi connectivity index (χ2v) is 11.1. The van der Waals surface area contributed by atoms with Crippen molar-refractivity contribution in [2.45, 2.75) is 77.2 Å². The Kier molecular flexibility index (Phi) is 6.70. The van der Waals surface area contributed by atoms with Crippen LogP contribution in [0, 0.1) is 19.8 Å². The first kappa shape index (κ1) is 23.4.